The van der Waals surface area contributed by atoms with Crippen molar-refractivity contribution in [3.05, 3.63) is 0 Å². The summed E-state index contributed by atoms with van der Waals surface area (Å²) in [5, 5.41) is 0. The van der Waals surface area contributed by atoms with Crippen molar-refractivity contribution in [2.75, 3.05) is 13.2 Å². The highest BCUT2D eigenvalue weighted by Gasteiger charge is 2.22. The van der Waals surface area contributed by atoms with E-state index in [0.29, 0.717) is 19.6 Å². The van der Waals surface area contributed by atoms with Crippen molar-refractivity contribution < 1.29 is 14.3 Å². The first-order chi connectivity index (χ1) is 6.83. The highest BCUT2D eigenvalue weighted by molar-refractivity contribution is 5.69. The predicted octanol–water partition coefficient (Wildman–Crippen LogP) is 2.29. The molecule has 82 valence electrons. The summed E-state index contributed by atoms with van der Waals surface area (Å²) in [7, 11) is 0. The molecule has 1 saturated heterocycles. The molecule has 0 unspecified atom stereocenters. The van der Waals surface area contributed by atoms with Crippen LogP contribution in [0.1, 0.15) is 45.4 Å². The number of ether oxygens (including phenoxy) is 2. The van der Waals surface area contributed by atoms with Crippen LogP contribution in [0.2, 0.25) is 0 Å². The molecule has 3 nitrogen and oxygen atoms in total. The van der Waals surface area contributed by atoms with Gasteiger partial charge in [-0.2, -0.15) is 0 Å². The van der Waals surface area contributed by atoms with E-state index in [4.69, 9.17) is 9.47 Å². The van der Waals surface area contributed by atoms with E-state index in [0.717, 1.165) is 12.8 Å². The fourth-order valence-corrected chi connectivity index (χ4v) is 1.40. The summed E-state index contributed by atoms with van der Waals surface area (Å²) < 4.78 is 10.0. The number of hydrogen-bond acceptors (Lipinski definition) is 3. The SMILES string of the molecule is CCCCCCCC(=O)OC1COC1. The number of carbonyl (C=O) groups excluding carboxylic acids is 1. The van der Waals surface area contributed by atoms with Crippen LogP contribution in [0.4, 0.5) is 0 Å². The Balaban J connectivity index is 1.87. The van der Waals surface area contributed by atoms with Crippen LogP contribution in [-0.2, 0) is 14.3 Å². The topological polar surface area (TPSA) is 35.5 Å². The first-order valence-corrected chi connectivity index (χ1v) is 5.60. The van der Waals surface area contributed by atoms with E-state index in [1.54, 1.807) is 0 Å². The van der Waals surface area contributed by atoms with Gasteiger partial charge in [0, 0.05) is 6.42 Å². The lowest BCUT2D eigenvalue weighted by molar-refractivity contribution is -0.172. The molecule has 0 radical (unpaired) electrons. The van der Waals surface area contributed by atoms with Crippen LogP contribution >= 0.6 is 0 Å². The second-order valence-corrected chi connectivity index (χ2v) is 3.81. The minimum Gasteiger partial charge on any atom is -0.457 e. The van der Waals surface area contributed by atoms with Crippen molar-refractivity contribution in [1.29, 1.82) is 0 Å². The van der Waals surface area contributed by atoms with E-state index >= 15 is 0 Å². The van der Waals surface area contributed by atoms with Gasteiger partial charge in [0.1, 0.15) is 6.10 Å². The Kier molecular flexibility index (Phi) is 5.60. The Morgan fingerprint density at radius 2 is 2.00 bits per heavy atom. The lowest BCUT2D eigenvalue weighted by Crippen LogP contribution is -2.37. The standard InChI is InChI=1S/C11H20O3/c1-2-3-4-5-6-7-11(12)14-10-8-13-9-10/h10H,2-9H2,1H3. The molecule has 1 rings (SSSR count). The molecule has 0 aromatic rings. The maximum atomic E-state index is 11.2. The molecule has 1 fully saturated rings. The second-order valence-electron chi connectivity index (χ2n) is 3.81. The van der Waals surface area contributed by atoms with Crippen LogP contribution in [-0.4, -0.2) is 25.3 Å². The molecule has 0 N–H and O–H groups in total. The van der Waals surface area contributed by atoms with Gasteiger partial charge < -0.3 is 9.47 Å². The minimum absolute atomic E-state index is 0.0399. The molecule has 0 aromatic heterocycles. The summed E-state index contributed by atoms with van der Waals surface area (Å²) in [6.07, 6.45) is 6.46. The highest BCUT2D eigenvalue weighted by atomic mass is 16.6. The van der Waals surface area contributed by atoms with E-state index in [9.17, 15) is 4.79 Å². The quantitative estimate of drug-likeness (QED) is 0.467. The summed E-state index contributed by atoms with van der Waals surface area (Å²) in [5.74, 6) is -0.0604. The third-order valence-electron chi connectivity index (χ3n) is 2.39. The Morgan fingerprint density at radius 3 is 2.57 bits per heavy atom. The van der Waals surface area contributed by atoms with E-state index in [1.807, 2.05) is 0 Å². The lowest BCUT2D eigenvalue weighted by Gasteiger charge is -2.25. The van der Waals surface area contributed by atoms with Crippen LogP contribution < -0.4 is 0 Å². The van der Waals surface area contributed by atoms with Crippen LogP contribution in [0.25, 0.3) is 0 Å². The zero-order valence-corrected chi connectivity index (χ0v) is 8.96. The Morgan fingerprint density at radius 1 is 1.29 bits per heavy atom. The maximum Gasteiger partial charge on any atom is 0.306 e. The smallest absolute Gasteiger partial charge is 0.306 e. The maximum absolute atomic E-state index is 11.2. The van der Waals surface area contributed by atoms with Gasteiger partial charge in [-0.3, -0.25) is 4.79 Å². The van der Waals surface area contributed by atoms with Crippen molar-refractivity contribution in [3.63, 3.8) is 0 Å². The van der Waals surface area contributed by atoms with E-state index in [1.165, 1.54) is 19.3 Å². The Bertz CT molecular complexity index is 164. The van der Waals surface area contributed by atoms with Gasteiger partial charge in [-0.1, -0.05) is 32.6 Å². The number of unbranched alkanes of at least 4 members (excludes halogenated alkanes) is 4. The summed E-state index contributed by atoms with van der Waals surface area (Å²) in [6.45, 7) is 3.36. The predicted molar refractivity (Wildman–Crippen MR) is 54.1 cm³/mol. The van der Waals surface area contributed by atoms with Crippen LogP contribution in [0, 0.1) is 0 Å². The lowest BCUT2D eigenvalue weighted by atomic mass is 10.1. The molecular formula is C11H20O3. The van der Waals surface area contributed by atoms with Gasteiger partial charge in [-0.05, 0) is 6.42 Å². The third-order valence-corrected chi connectivity index (χ3v) is 2.39. The largest absolute Gasteiger partial charge is 0.457 e. The van der Waals surface area contributed by atoms with Crippen LogP contribution in [0.15, 0.2) is 0 Å². The van der Waals surface area contributed by atoms with Crippen LogP contribution in [0.3, 0.4) is 0 Å². The van der Waals surface area contributed by atoms with Gasteiger partial charge in [-0.15, -0.1) is 0 Å². The molecule has 0 bridgehead atoms. The average Bonchev–Trinajstić information content (AvgIpc) is 2.11. The number of carbonyl (C=O) groups is 1. The molecule has 0 spiro atoms. The molecule has 0 saturated carbocycles. The first kappa shape index (κ1) is 11.5. The number of hydrogen-bond donors (Lipinski definition) is 0. The van der Waals surface area contributed by atoms with Gasteiger partial charge in [0.2, 0.25) is 0 Å². The summed E-state index contributed by atoms with van der Waals surface area (Å²) >= 11 is 0. The average molecular weight is 200 g/mol. The zero-order chi connectivity index (χ0) is 10.2. The molecule has 0 amide bonds. The summed E-state index contributed by atoms with van der Waals surface area (Å²) in [5.41, 5.74) is 0. The normalized spacial score (nSPS) is 16.4. The van der Waals surface area contributed by atoms with Gasteiger partial charge in [0.05, 0.1) is 13.2 Å². The van der Waals surface area contributed by atoms with Gasteiger partial charge in [0.25, 0.3) is 0 Å². The fraction of sp³-hybridized carbons (Fsp3) is 0.909. The zero-order valence-electron chi connectivity index (χ0n) is 8.96. The third kappa shape index (κ3) is 4.61. The fourth-order valence-electron chi connectivity index (χ4n) is 1.40. The molecule has 14 heavy (non-hydrogen) atoms. The van der Waals surface area contributed by atoms with E-state index < -0.39 is 0 Å². The van der Waals surface area contributed by atoms with Gasteiger partial charge in [0.15, 0.2) is 0 Å². The molecule has 1 heterocycles. The van der Waals surface area contributed by atoms with Crippen molar-refractivity contribution in [1.82, 2.24) is 0 Å². The monoisotopic (exact) mass is 200 g/mol. The number of esters is 1. The van der Waals surface area contributed by atoms with Gasteiger partial charge >= 0.3 is 5.97 Å². The van der Waals surface area contributed by atoms with E-state index in [-0.39, 0.29) is 12.1 Å². The molecule has 0 aliphatic carbocycles. The molecular weight excluding hydrogens is 180 g/mol. The van der Waals surface area contributed by atoms with Crippen LogP contribution in [0.5, 0.6) is 0 Å². The van der Waals surface area contributed by atoms with Crippen molar-refractivity contribution >= 4 is 5.97 Å². The first-order valence-electron chi connectivity index (χ1n) is 5.60. The highest BCUT2D eigenvalue weighted by Crippen LogP contribution is 2.09. The number of rotatable bonds is 7. The summed E-state index contributed by atoms with van der Waals surface area (Å²) in [4.78, 5) is 11.2. The van der Waals surface area contributed by atoms with E-state index in [2.05, 4.69) is 6.92 Å². The minimum atomic E-state index is -0.0604. The Labute approximate surface area is 85.8 Å². The molecule has 3 heteroatoms. The molecule has 1 aliphatic heterocycles. The molecule has 1 aliphatic rings. The summed E-state index contributed by atoms with van der Waals surface area (Å²) in [6, 6.07) is 0. The van der Waals surface area contributed by atoms with Gasteiger partial charge in [-0.25, -0.2) is 0 Å². The molecule has 0 aromatic carbocycles. The molecule has 0 atom stereocenters. The second kappa shape index (κ2) is 6.82. The Hall–Kier alpha value is -0.570. The van der Waals surface area contributed by atoms with Crippen molar-refractivity contribution in [3.8, 4) is 0 Å². The van der Waals surface area contributed by atoms with Crippen molar-refractivity contribution in [2.45, 2.75) is 51.6 Å². The van der Waals surface area contributed by atoms with Crippen molar-refractivity contribution in [2.24, 2.45) is 0 Å².